The lowest BCUT2D eigenvalue weighted by atomic mass is 9.90. The van der Waals surface area contributed by atoms with Gasteiger partial charge < -0.3 is 9.64 Å². The van der Waals surface area contributed by atoms with Crippen molar-refractivity contribution in [3.8, 4) is 5.75 Å². The highest BCUT2D eigenvalue weighted by Gasteiger charge is 2.24. The van der Waals surface area contributed by atoms with Crippen LogP contribution in [0.4, 0.5) is 0 Å². The number of hydrogen-bond acceptors (Lipinski definition) is 2. The lowest BCUT2D eigenvalue weighted by Crippen LogP contribution is -2.38. The molecule has 1 aliphatic heterocycles. The molecule has 1 saturated heterocycles. The smallest absolute Gasteiger partial charge is 0.222 e. The molecule has 0 aliphatic carbocycles. The van der Waals surface area contributed by atoms with Crippen molar-refractivity contribution in [2.45, 2.75) is 38.5 Å². The summed E-state index contributed by atoms with van der Waals surface area (Å²) in [7, 11) is 1.69. The maximum atomic E-state index is 12.0. The average molecular weight is 261 g/mol. The molecule has 19 heavy (non-hydrogen) atoms. The summed E-state index contributed by atoms with van der Waals surface area (Å²) in [5.41, 5.74) is 1.29. The second-order valence-corrected chi connectivity index (χ2v) is 5.21. The normalized spacial score (nSPS) is 19.3. The molecule has 1 heterocycles. The van der Waals surface area contributed by atoms with Gasteiger partial charge in [0.15, 0.2) is 0 Å². The lowest BCUT2D eigenvalue weighted by Gasteiger charge is -2.33. The number of carbonyl (C=O) groups excluding carboxylic acids is 1. The molecule has 1 aromatic carbocycles. The maximum absolute atomic E-state index is 12.0. The van der Waals surface area contributed by atoms with Crippen LogP contribution in [0.15, 0.2) is 24.3 Å². The molecule has 1 atom stereocenters. The van der Waals surface area contributed by atoms with Crippen LogP contribution in [-0.2, 0) is 4.79 Å². The second-order valence-electron chi connectivity index (χ2n) is 5.21. The number of benzene rings is 1. The van der Waals surface area contributed by atoms with Gasteiger partial charge in [-0.05, 0) is 37.0 Å². The first-order valence-electron chi connectivity index (χ1n) is 7.16. The molecule has 0 unspecified atom stereocenters. The third-order valence-electron chi connectivity index (χ3n) is 3.80. The van der Waals surface area contributed by atoms with Crippen molar-refractivity contribution >= 4 is 5.91 Å². The van der Waals surface area contributed by atoms with E-state index in [1.54, 1.807) is 7.11 Å². The predicted octanol–water partition coefficient (Wildman–Crippen LogP) is 3.20. The summed E-state index contributed by atoms with van der Waals surface area (Å²) in [4.78, 5) is 14.0. The summed E-state index contributed by atoms with van der Waals surface area (Å²) in [5, 5.41) is 0. The van der Waals surface area contributed by atoms with Crippen molar-refractivity contribution in [3.05, 3.63) is 29.8 Å². The third-order valence-corrected chi connectivity index (χ3v) is 3.80. The first-order valence-corrected chi connectivity index (χ1v) is 7.16. The number of rotatable bonds is 4. The van der Waals surface area contributed by atoms with Gasteiger partial charge in [-0.15, -0.1) is 0 Å². The van der Waals surface area contributed by atoms with Gasteiger partial charge in [-0.3, -0.25) is 4.79 Å². The Balaban J connectivity index is 2.05. The number of carbonyl (C=O) groups is 1. The van der Waals surface area contributed by atoms with Gasteiger partial charge >= 0.3 is 0 Å². The van der Waals surface area contributed by atoms with E-state index in [0.717, 1.165) is 38.1 Å². The Bertz CT molecular complexity index is 431. The van der Waals surface area contributed by atoms with Crippen LogP contribution in [-0.4, -0.2) is 31.0 Å². The van der Waals surface area contributed by atoms with E-state index >= 15 is 0 Å². The Morgan fingerprint density at radius 3 is 3.05 bits per heavy atom. The van der Waals surface area contributed by atoms with Gasteiger partial charge in [-0.25, -0.2) is 0 Å². The lowest BCUT2D eigenvalue weighted by molar-refractivity contribution is -0.132. The monoisotopic (exact) mass is 261 g/mol. The zero-order valence-corrected chi connectivity index (χ0v) is 11.9. The van der Waals surface area contributed by atoms with Gasteiger partial charge in [0.2, 0.25) is 5.91 Å². The van der Waals surface area contributed by atoms with Gasteiger partial charge in [0.25, 0.3) is 0 Å². The van der Waals surface area contributed by atoms with Gasteiger partial charge in [0.05, 0.1) is 7.11 Å². The first kappa shape index (κ1) is 13.9. The molecule has 3 nitrogen and oxygen atoms in total. The zero-order valence-electron chi connectivity index (χ0n) is 11.9. The molecular weight excluding hydrogens is 238 g/mol. The molecule has 0 bridgehead atoms. The van der Waals surface area contributed by atoms with Crippen molar-refractivity contribution in [2.75, 3.05) is 20.2 Å². The number of piperidine rings is 1. The largest absolute Gasteiger partial charge is 0.497 e. The molecule has 0 N–H and O–H groups in total. The van der Waals surface area contributed by atoms with Crippen LogP contribution in [0.5, 0.6) is 5.75 Å². The molecule has 0 spiro atoms. The predicted molar refractivity (Wildman–Crippen MR) is 76.5 cm³/mol. The molecule has 0 radical (unpaired) electrons. The van der Waals surface area contributed by atoms with E-state index in [2.05, 4.69) is 19.1 Å². The van der Waals surface area contributed by atoms with Crippen LogP contribution in [0, 0.1) is 0 Å². The Hall–Kier alpha value is -1.51. The Labute approximate surface area is 115 Å². The van der Waals surface area contributed by atoms with E-state index < -0.39 is 0 Å². The van der Waals surface area contributed by atoms with Crippen molar-refractivity contribution in [3.63, 3.8) is 0 Å². The van der Waals surface area contributed by atoms with E-state index in [9.17, 15) is 4.79 Å². The van der Waals surface area contributed by atoms with Crippen molar-refractivity contribution < 1.29 is 9.53 Å². The minimum absolute atomic E-state index is 0.301. The number of nitrogens with zero attached hydrogens (tertiary/aromatic N) is 1. The number of hydrogen-bond donors (Lipinski definition) is 0. The molecule has 0 saturated carbocycles. The van der Waals surface area contributed by atoms with Crippen LogP contribution >= 0.6 is 0 Å². The summed E-state index contributed by atoms with van der Waals surface area (Å²) in [6.45, 7) is 3.83. The van der Waals surface area contributed by atoms with E-state index in [1.165, 1.54) is 5.56 Å². The van der Waals surface area contributed by atoms with Crippen LogP contribution in [0.2, 0.25) is 0 Å². The highest BCUT2D eigenvalue weighted by molar-refractivity contribution is 5.76. The average Bonchev–Trinajstić information content (AvgIpc) is 2.48. The Morgan fingerprint density at radius 2 is 2.32 bits per heavy atom. The molecular formula is C16H23NO2. The first-order chi connectivity index (χ1) is 9.24. The molecule has 0 aromatic heterocycles. The van der Waals surface area contributed by atoms with Crippen LogP contribution in [0.1, 0.15) is 44.1 Å². The van der Waals surface area contributed by atoms with E-state index in [-0.39, 0.29) is 0 Å². The molecule has 2 rings (SSSR count). The van der Waals surface area contributed by atoms with E-state index in [1.807, 2.05) is 17.0 Å². The summed E-state index contributed by atoms with van der Waals surface area (Å²) < 4.78 is 5.28. The van der Waals surface area contributed by atoms with Crippen LogP contribution < -0.4 is 4.74 Å². The Kier molecular flexibility index (Phi) is 4.83. The molecule has 3 heteroatoms. The van der Waals surface area contributed by atoms with Gasteiger partial charge in [-0.1, -0.05) is 19.1 Å². The highest BCUT2D eigenvalue weighted by atomic mass is 16.5. The second kappa shape index (κ2) is 6.60. The number of likely N-dealkylation sites (tertiary alicyclic amines) is 1. The number of methoxy groups -OCH3 is 1. The fraction of sp³-hybridized carbons (Fsp3) is 0.562. The van der Waals surface area contributed by atoms with Crippen molar-refractivity contribution in [1.29, 1.82) is 0 Å². The maximum Gasteiger partial charge on any atom is 0.222 e. The fourth-order valence-corrected chi connectivity index (χ4v) is 2.74. The fourth-order valence-electron chi connectivity index (χ4n) is 2.74. The topological polar surface area (TPSA) is 29.5 Å². The third kappa shape index (κ3) is 3.49. The summed E-state index contributed by atoms with van der Waals surface area (Å²) in [6, 6.07) is 8.23. The molecule has 1 aromatic rings. The van der Waals surface area contributed by atoms with Gasteiger partial charge in [0, 0.05) is 25.4 Å². The quantitative estimate of drug-likeness (QED) is 0.833. The summed E-state index contributed by atoms with van der Waals surface area (Å²) >= 11 is 0. The SMILES string of the molecule is CCCC(=O)N1CCC[C@@H](c2cccc(OC)c2)C1. The summed E-state index contributed by atoms with van der Waals surface area (Å²) in [5.74, 6) is 1.65. The number of ether oxygens (including phenoxy) is 1. The minimum atomic E-state index is 0.301. The zero-order chi connectivity index (χ0) is 13.7. The molecule has 1 amide bonds. The number of amides is 1. The highest BCUT2D eigenvalue weighted by Crippen LogP contribution is 2.29. The molecule has 1 fully saturated rings. The molecule has 1 aliphatic rings. The standard InChI is InChI=1S/C16H23NO2/c1-3-6-16(18)17-10-5-8-14(12-17)13-7-4-9-15(11-13)19-2/h4,7,9,11,14H,3,5-6,8,10,12H2,1-2H3/t14-/m1/s1. The van der Waals surface area contributed by atoms with Crippen molar-refractivity contribution in [1.82, 2.24) is 4.90 Å². The van der Waals surface area contributed by atoms with E-state index in [0.29, 0.717) is 18.2 Å². The van der Waals surface area contributed by atoms with Gasteiger partial charge in [0.1, 0.15) is 5.75 Å². The Morgan fingerprint density at radius 1 is 1.47 bits per heavy atom. The van der Waals surface area contributed by atoms with E-state index in [4.69, 9.17) is 4.74 Å². The molecule has 104 valence electrons. The minimum Gasteiger partial charge on any atom is -0.497 e. The van der Waals surface area contributed by atoms with Gasteiger partial charge in [-0.2, -0.15) is 0 Å². The van der Waals surface area contributed by atoms with Crippen molar-refractivity contribution in [2.24, 2.45) is 0 Å². The summed E-state index contributed by atoms with van der Waals surface area (Å²) in [6.07, 6.45) is 3.85. The van der Waals surface area contributed by atoms with Crippen LogP contribution in [0.3, 0.4) is 0 Å². The van der Waals surface area contributed by atoms with Crippen LogP contribution in [0.25, 0.3) is 0 Å².